The fourth-order valence-corrected chi connectivity index (χ4v) is 3.75. The van der Waals surface area contributed by atoms with Crippen molar-refractivity contribution in [3.05, 3.63) is 29.3 Å². The van der Waals surface area contributed by atoms with Gasteiger partial charge in [-0.15, -0.1) is 0 Å². The van der Waals surface area contributed by atoms with E-state index in [-0.39, 0.29) is 17.5 Å². The number of nitrogens with zero attached hydrogens (tertiary/aromatic N) is 1. The molecule has 0 spiro atoms. The van der Waals surface area contributed by atoms with Gasteiger partial charge in [0.2, 0.25) is 10.0 Å². The van der Waals surface area contributed by atoms with Gasteiger partial charge in [0.1, 0.15) is 6.61 Å². The van der Waals surface area contributed by atoms with Crippen molar-refractivity contribution in [3.63, 3.8) is 0 Å². The van der Waals surface area contributed by atoms with Gasteiger partial charge in [-0.1, -0.05) is 18.8 Å². The van der Waals surface area contributed by atoms with Crippen molar-refractivity contribution in [2.24, 2.45) is 0 Å². The Morgan fingerprint density at radius 1 is 1.35 bits per heavy atom. The molecule has 5 heteroatoms. The van der Waals surface area contributed by atoms with E-state index in [1.807, 2.05) is 27.7 Å². The minimum absolute atomic E-state index is 0.0841. The highest BCUT2D eigenvalue weighted by molar-refractivity contribution is 7.89. The molecular weight excluding hydrogens is 274 g/mol. The lowest BCUT2D eigenvalue weighted by atomic mass is 10.1. The summed E-state index contributed by atoms with van der Waals surface area (Å²) >= 11 is 0. The highest BCUT2D eigenvalue weighted by Gasteiger charge is 2.25. The maximum absolute atomic E-state index is 12.5. The van der Waals surface area contributed by atoms with E-state index in [0.717, 1.165) is 11.1 Å². The summed E-state index contributed by atoms with van der Waals surface area (Å²) in [6, 6.07) is 4.79. The first-order valence-electron chi connectivity index (χ1n) is 6.56. The highest BCUT2D eigenvalue weighted by atomic mass is 32.2. The number of aliphatic hydroxyl groups excluding tert-OH is 1. The van der Waals surface area contributed by atoms with Crippen LogP contribution in [0.15, 0.2) is 23.1 Å². The largest absolute Gasteiger partial charge is 0.384 e. The van der Waals surface area contributed by atoms with Crippen LogP contribution in [0.25, 0.3) is 0 Å². The molecule has 0 aliphatic carbocycles. The quantitative estimate of drug-likeness (QED) is 0.861. The maximum Gasteiger partial charge on any atom is 0.243 e. The monoisotopic (exact) mass is 295 g/mol. The van der Waals surface area contributed by atoms with E-state index in [9.17, 15) is 8.42 Å². The first kappa shape index (κ1) is 16.7. The Kier molecular flexibility index (Phi) is 5.75. The Bertz CT molecular complexity index is 624. The maximum atomic E-state index is 12.5. The molecule has 0 saturated heterocycles. The summed E-state index contributed by atoms with van der Waals surface area (Å²) in [5.74, 6) is 5.36. The van der Waals surface area contributed by atoms with Gasteiger partial charge in [0, 0.05) is 18.2 Å². The fourth-order valence-electron chi connectivity index (χ4n) is 2.02. The second-order valence-electron chi connectivity index (χ2n) is 4.74. The molecule has 1 aromatic carbocycles. The molecule has 0 bridgehead atoms. The third kappa shape index (κ3) is 3.60. The van der Waals surface area contributed by atoms with Crippen LogP contribution in [0.1, 0.15) is 31.9 Å². The molecule has 0 aromatic heterocycles. The van der Waals surface area contributed by atoms with Crippen molar-refractivity contribution >= 4 is 10.0 Å². The minimum Gasteiger partial charge on any atom is -0.384 e. The molecule has 1 aromatic rings. The summed E-state index contributed by atoms with van der Waals surface area (Å²) < 4.78 is 26.5. The Morgan fingerprint density at radius 3 is 2.45 bits per heavy atom. The van der Waals surface area contributed by atoms with Crippen molar-refractivity contribution in [1.29, 1.82) is 0 Å². The van der Waals surface area contributed by atoms with Crippen LogP contribution < -0.4 is 0 Å². The zero-order valence-electron chi connectivity index (χ0n) is 12.3. The smallest absolute Gasteiger partial charge is 0.243 e. The summed E-state index contributed by atoms with van der Waals surface area (Å²) in [5, 5.41) is 8.69. The molecule has 1 rings (SSSR count). The zero-order chi connectivity index (χ0) is 15.3. The van der Waals surface area contributed by atoms with E-state index in [4.69, 9.17) is 5.11 Å². The molecule has 0 amide bonds. The van der Waals surface area contributed by atoms with E-state index >= 15 is 0 Å². The van der Waals surface area contributed by atoms with Crippen LogP contribution in [0.4, 0.5) is 0 Å². The molecule has 20 heavy (non-hydrogen) atoms. The van der Waals surface area contributed by atoms with Crippen LogP contribution in [0.3, 0.4) is 0 Å². The van der Waals surface area contributed by atoms with Crippen molar-refractivity contribution in [3.8, 4) is 11.8 Å². The van der Waals surface area contributed by atoms with E-state index in [1.54, 1.807) is 18.2 Å². The molecule has 1 N–H and O–H groups in total. The lowest BCUT2D eigenvalue weighted by Crippen LogP contribution is -2.36. The summed E-state index contributed by atoms with van der Waals surface area (Å²) in [7, 11) is -3.47. The fraction of sp³-hybridized carbons (Fsp3) is 0.467. The number of sulfonamides is 1. The van der Waals surface area contributed by atoms with E-state index in [2.05, 4.69) is 11.8 Å². The molecule has 0 atom stereocenters. The van der Waals surface area contributed by atoms with Crippen LogP contribution in [0.5, 0.6) is 0 Å². The van der Waals surface area contributed by atoms with Crippen LogP contribution >= 0.6 is 0 Å². The summed E-state index contributed by atoms with van der Waals surface area (Å²) in [6.07, 6.45) is 0. The predicted molar refractivity (Wildman–Crippen MR) is 79.8 cm³/mol. The molecule has 4 nitrogen and oxygen atoms in total. The van der Waals surface area contributed by atoms with Gasteiger partial charge >= 0.3 is 0 Å². The van der Waals surface area contributed by atoms with Gasteiger partial charge in [0.15, 0.2) is 0 Å². The molecule has 0 aliphatic heterocycles. The van der Waals surface area contributed by atoms with E-state index < -0.39 is 10.0 Å². The lowest BCUT2D eigenvalue weighted by Gasteiger charge is -2.24. The minimum atomic E-state index is -3.47. The third-order valence-electron chi connectivity index (χ3n) is 2.99. The van der Waals surface area contributed by atoms with Crippen LogP contribution in [0.2, 0.25) is 0 Å². The Morgan fingerprint density at radius 2 is 2.00 bits per heavy atom. The number of benzene rings is 1. The topological polar surface area (TPSA) is 57.6 Å². The Hall–Kier alpha value is -1.35. The highest BCUT2D eigenvalue weighted by Crippen LogP contribution is 2.20. The molecule has 0 fully saturated rings. The first-order chi connectivity index (χ1) is 9.34. The molecule has 110 valence electrons. The van der Waals surface area contributed by atoms with Gasteiger partial charge in [0.25, 0.3) is 0 Å². The van der Waals surface area contributed by atoms with E-state index in [0.29, 0.717) is 6.54 Å². The molecule has 0 radical (unpaired) electrons. The number of aliphatic hydroxyl groups is 1. The zero-order valence-corrected chi connectivity index (χ0v) is 13.2. The van der Waals surface area contributed by atoms with Crippen LogP contribution in [-0.2, 0) is 10.0 Å². The SMILES string of the molecule is CCN(C(C)C)S(=O)(=O)c1ccc(C#CCO)c(C)c1. The summed E-state index contributed by atoms with van der Waals surface area (Å²) in [4.78, 5) is 0.278. The molecule has 0 aliphatic rings. The van der Waals surface area contributed by atoms with Crippen LogP contribution in [-0.4, -0.2) is 37.0 Å². The van der Waals surface area contributed by atoms with Crippen molar-refractivity contribution < 1.29 is 13.5 Å². The molecule has 0 saturated carbocycles. The Balaban J connectivity index is 3.24. The van der Waals surface area contributed by atoms with Crippen molar-refractivity contribution in [2.45, 2.75) is 38.6 Å². The predicted octanol–water partition coefficient (Wildman–Crippen LogP) is 1.76. The Labute approximate surface area is 121 Å². The van der Waals surface area contributed by atoms with Gasteiger partial charge in [-0.05, 0) is 44.5 Å². The normalized spacial score (nSPS) is 11.6. The van der Waals surface area contributed by atoms with Crippen molar-refractivity contribution in [2.75, 3.05) is 13.2 Å². The van der Waals surface area contributed by atoms with Gasteiger partial charge in [-0.25, -0.2) is 8.42 Å². The standard InChI is InChI=1S/C15H21NO3S/c1-5-16(12(2)3)20(18,19)15-9-8-14(7-6-10-17)13(4)11-15/h8-9,11-12,17H,5,10H2,1-4H3. The number of hydrogen-bond acceptors (Lipinski definition) is 3. The number of rotatable bonds is 4. The first-order valence-corrected chi connectivity index (χ1v) is 8.00. The molecule has 0 heterocycles. The van der Waals surface area contributed by atoms with Gasteiger partial charge in [-0.3, -0.25) is 0 Å². The molecular formula is C15H21NO3S. The van der Waals surface area contributed by atoms with E-state index in [1.165, 1.54) is 4.31 Å². The average molecular weight is 295 g/mol. The van der Waals surface area contributed by atoms with Gasteiger partial charge in [0.05, 0.1) is 4.90 Å². The summed E-state index contributed by atoms with van der Waals surface area (Å²) in [5.41, 5.74) is 1.51. The van der Waals surface area contributed by atoms with Crippen molar-refractivity contribution in [1.82, 2.24) is 4.31 Å². The summed E-state index contributed by atoms with van der Waals surface area (Å²) in [6.45, 7) is 7.57. The van der Waals surface area contributed by atoms with Crippen LogP contribution in [0, 0.1) is 18.8 Å². The second-order valence-corrected chi connectivity index (χ2v) is 6.63. The number of hydrogen-bond donors (Lipinski definition) is 1. The lowest BCUT2D eigenvalue weighted by molar-refractivity contribution is 0.350. The van der Waals surface area contributed by atoms with Gasteiger partial charge in [-0.2, -0.15) is 4.31 Å². The van der Waals surface area contributed by atoms with Gasteiger partial charge < -0.3 is 5.11 Å². The third-order valence-corrected chi connectivity index (χ3v) is 5.14. The average Bonchev–Trinajstić information content (AvgIpc) is 2.37. The second kappa shape index (κ2) is 6.89. The molecule has 0 unspecified atom stereocenters. The number of aryl methyl sites for hydroxylation is 1.